The fraction of sp³-hybridized carbons (Fsp3) is 0.333. The number of rotatable bonds is 3. The number of nitrogens with one attached hydrogen (secondary N) is 2. The Hall–Kier alpha value is -1.41. The Balaban J connectivity index is 2.34. The minimum atomic E-state index is -3.59. The van der Waals surface area contributed by atoms with Gasteiger partial charge >= 0.3 is 0 Å². The molecule has 2 rings (SSSR count). The lowest BCUT2D eigenvalue weighted by molar-refractivity contribution is 0.600. The van der Waals surface area contributed by atoms with E-state index < -0.39 is 10.0 Å². The summed E-state index contributed by atoms with van der Waals surface area (Å²) in [4.78, 5) is 5.89. The van der Waals surface area contributed by atoms with Gasteiger partial charge in [-0.25, -0.2) is 13.1 Å². The number of sulfonamides is 1. The third-order valence-corrected chi connectivity index (χ3v) is 4.66. The van der Waals surface area contributed by atoms with Crippen molar-refractivity contribution in [3.8, 4) is 0 Å². The van der Waals surface area contributed by atoms with E-state index in [-0.39, 0.29) is 10.8 Å². The molecule has 8 heteroatoms. The largest absolute Gasteiger partial charge is 0.265 e. The maximum absolute atomic E-state index is 12.0. The molecule has 0 spiro atoms. The van der Waals surface area contributed by atoms with E-state index in [0.717, 1.165) is 9.75 Å². The number of hydrogen-bond donors (Lipinski definition) is 2. The summed E-state index contributed by atoms with van der Waals surface area (Å²) >= 11 is 1.44. The van der Waals surface area contributed by atoms with Crippen LogP contribution in [0.3, 0.4) is 0 Å². The van der Waals surface area contributed by atoms with Gasteiger partial charge in [-0.15, -0.1) is 16.4 Å². The van der Waals surface area contributed by atoms with Crippen molar-refractivity contribution in [3.05, 3.63) is 21.6 Å². The second-order valence-corrected chi connectivity index (χ2v) is 6.74. The molecule has 0 saturated carbocycles. The Morgan fingerprint density at radius 2 is 2.06 bits per heavy atom. The number of nitrogens with zero attached hydrogens (tertiary/aromatic N) is 2. The maximum Gasteiger partial charge on any atom is 0.265 e. The molecule has 2 aromatic rings. The average molecular weight is 272 g/mol. The van der Waals surface area contributed by atoms with Crippen molar-refractivity contribution in [1.82, 2.24) is 15.2 Å². The van der Waals surface area contributed by atoms with Gasteiger partial charge in [-0.05, 0) is 26.8 Å². The maximum atomic E-state index is 12.0. The molecule has 0 amide bonds. The Kier molecular flexibility index (Phi) is 2.92. The fourth-order valence-electron chi connectivity index (χ4n) is 1.44. The molecule has 0 aromatic carbocycles. The summed E-state index contributed by atoms with van der Waals surface area (Å²) in [6.45, 7) is 5.34. The lowest BCUT2D eigenvalue weighted by Gasteiger charge is -2.02. The monoisotopic (exact) mass is 272 g/mol. The SMILES string of the molecule is Cc1nc(NS(=O)(=O)c2cc(C)sc2C)n[nH]1. The molecule has 0 atom stereocenters. The molecule has 0 saturated heterocycles. The van der Waals surface area contributed by atoms with Gasteiger partial charge < -0.3 is 0 Å². The molecule has 2 heterocycles. The van der Waals surface area contributed by atoms with E-state index in [0.29, 0.717) is 5.82 Å². The van der Waals surface area contributed by atoms with E-state index in [9.17, 15) is 8.42 Å². The lowest BCUT2D eigenvalue weighted by Crippen LogP contribution is -2.14. The van der Waals surface area contributed by atoms with Crippen molar-refractivity contribution < 1.29 is 8.42 Å². The zero-order chi connectivity index (χ0) is 12.6. The van der Waals surface area contributed by atoms with Gasteiger partial charge in [0.25, 0.3) is 16.0 Å². The first kappa shape index (κ1) is 12.1. The number of thiophene rings is 1. The number of aromatic amines is 1. The molecular weight excluding hydrogens is 260 g/mol. The Bertz CT molecular complexity index is 642. The first-order valence-corrected chi connectivity index (χ1v) is 7.17. The summed E-state index contributed by atoms with van der Waals surface area (Å²) in [6.07, 6.45) is 0. The van der Waals surface area contributed by atoms with Crippen LogP contribution in [0, 0.1) is 20.8 Å². The van der Waals surface area contributed by atoms with Crippen LogP contribution in [-0.4, -0.2) is 23.6 Å². The van der Waals surface area contributed by atoms with Crippen LogP contribution in [0.2, 0.25) is 0 Å². The molecule has 2 aromatic heterocycles. The zero-order valence-electron chi connectivity index (χ0n) is 9.60. The summed E-state index contributed by atoms with van der Waals surface area (Å²) in [5.74, 6) is 0.617. The molecule has 17 heavy (non-hydrogen) atoms. The van der Waals surface area contributed by atoms with Crippen molar-refractivity contribution >= 4 is 27.3 Å². The number of aromatic nitrogens is 3. The summed E-state index contributed by atoms with van der Waals surface area (Å²) in [7, 11) is -3.59. The summed E-state index contributed by atoms with van der Waals surface area (Å²) < 4.78 is 26.4. The van der Waals surface area contributed by atoms with Crippen LogP contribution in [0.25, 0.3) is 0 Å². The average Bonchev–Trinajstić information content (AvgIpc) is 2.72. The second-order valence-electron chi connectivity index (χ2n) is 3.63. The van der Waals surface area contributed by atoms with Gasteiger partial charge in [-0.1, -0.05) is 0 Å². The van der Waals surface area contributed by atoms with Gasteiger partial charge in [0.2, 0.25) is 0 Å². The third kappa shape index (κ3) is 2.47. The quantitative estimate of drug-likeness (QED) is 0.888. The lowest BCUT2D eigenvalue weighted by atomic mass is 10.4. The highest BCUT2D eigenvalue weighted by atomic mass is 32.2. The zero-order valence-corrected chi connectivity index (χ0v) is 11.2. The Morgan fingerprint density at radius 1 is 1.35 bits per heavy atom. The fourth-order valence-corrected chi connectivity index (χ4v) is 3.94. The van der Waals surface area contributed by atoms with E-state index >= 15 is 0 Å². The van der Waals surface area contributed by atoms with Gasteiger partial charge in [-0.2, -0.15) is 4.98 Å². The molecule has 6 nitrogen and oxygen atoms in total. The van der Waals surface area contributed by atoms with Crippen LogP contribution >= 0.6 is 11.3 Å². The minimum Gasteiger partial charge on any atom is -0.261 e. The third-order valence-electron chi connectivity index (χ3n) is 2.11. The van der Waals surface area contributed by atoms with E-state index in [4.69, 9.17) is 0 Å². The topological polar surface area (TPSA) is 87.7 Å². The predicted molar refractivity (Wildman–Crippen MR) is 65.7 cm³/mol. The van der Waals surface area contributed by atoms with Crippen LogP contribution < -0.4 is 4.72 Å². The predicted octanol–water partition coefficient (Wildman–Crippen LogP) is 1.59. The van der Waals surface area contributed by atoms with Crippen LogP contribution in [-0.2, 0) is 10.0 Å². The minimum absolute atomic E-state index is 0.0609. The van der Waals surface area contributed by atoms with Crippen molar-refractivity contribution in [2.24, 2.45) is 0 Å². The number of anilines is 1. The highest BCUT2D eigenvalue weighted by Crippen LogP contribution is 2.25. The molecular formula is C9H12N4O2S2. The van der Waals surface area contributed by atoms with E-state index in [2.05, 4.69) is 19.9 Å². The van der Waals surface area contributed by atoms with Crippen molar-refractivity contribution in [2.45, 2.75) is 25.7 Å². The molecule has 0 fully saturated rings. The standard InChI is InChI=1S/C9H12N4O2S2/c1-5-4-8(6(2)16-5)17(14,15)13-9-10-7(3)11-12-9/h4H,1-3H3,(H2,10,11,12,13). The number of aryl methyl sites for hydroxylation is 3. The summed E-state index contributed by atoms with van der Waals surface area (Å²) in [5.41, 5.74) is 0. The van der Waals surface area contributed by atoms with Gasteiger partial charge in [0, 0.05) is 9.75 Å². The molecule has 0 unspecified atom stereocenters. The molecule has 0 aliphatic heterocycles. The normalized spacial score (nSPS) is 11.7. The van der Waals surface area contributed by atoms with Gasteiger partial charge in [0.1, 0.15) is 10.7 Å². The van der Waals surface area contributed by atoms with Crippen molar-refractivity contribution in [2.75, 3.05) is 4.72 Å². The van der Waals surface area contributed by atoms with Crippen LogP contribution in [0.15, 0.2) is 11.0 Å². The van der Waals surface area contributed by atoms with Crippen molar-refractivity contribution in [1.29, 1.82) is 0 Å². The van der Waals surface area contributed by atoms with Gasteiger partial charge in [0.15, 0.2) is 0 Å². The Morgan fingerprint density at radius 3 is 2.53 bits per heavy atom. The van der Waals surface area contributed by atoms with E-state index in [1.807, 2.05) is 6.92 Å². The summed E-state index contributed by atoms with van der Waals surface area (Å²) in [6, 6.07) is 1.64. The number of hydrogen-bond acceptors (Lipinski definition) is 5. The van der Waals surface area contributed by atoms with Crippen LogP contribution in [0.1, 0.15) is 15.6 Å². The molecule has 0 aliphatic carbocycles. The van der Waals surface area contributed by atoms with Crippen LogP contribution in [0.4, 0.5) is 5.95 Å². The van der Waals surface area contributed by atoms with Crippen LogP contribution in [0.5, 0.6) is 0 Å². The molecule has 92 valence electrons. The second kappa shape index (κ2) is 4.11. The van der Waals surface area contributed by atoms with Crippen molar-refractivity contribution in [3.63, 3.8) is 0 Å². The highest BCUT2D eigenvalue weighted by molar-refractivity contribution is 7.92. The van der Waals surface area contributed by atoms with Gasteiger partial charge in [0.05, 0.1) is 0 Å². The molecule has 0 bridgehead atoms. The molecule has 0 radical (unpaired) electrons. The molecule has 0 aliphatic rings. The first-order chi connectivity index (χ1) is 7.88. The Labute approximate surface area is 103 Å². The molecule has 2 N–H and O–H groups in total. The number of H-pyrrole nitrogens is 1. The van der Waals surface area contributed by atoms with E-state index in [1.54, 1.807) is 19.9 Å². The first-order valence-electron chi connectivity index (χ1n) is 4.87. The highest BCUT2D eigenvalue weighted by Gasteiger charge is 2.20. The van der Waals surface area contributed by atoms with Gasteiger partial charge in [-0.3, -0.25) is 5.10 Å². The van der Waals surface area contributed by atoms with E-state index in [1.165, 1.54) is 11.3 Å². The smallest absolute Gasteiger partial charge is 0.261 e. The summed E-state index contributed by atoms with van der Waals surface area (Å²) in [5, 5.41) is 6.32.